The highest BCUT2D eigenvalue weighted by Crippen LogP contribution is 2.18. The van der Waals surface area contributed by atoms with E-state index in [2.05, 4.69) is 31.1 Å². The molecule has 0 fully saturated rings. The number of benzene rings is 1. The molecule has 74 valence electrons. The highest BCUT2D eigenvalue weighted by atomic mass is 28.3. The molecule has 1 rings (SSSR count). The van der Waals surface area contributed by atoms with E-state index in [1.54, 1.807) is 18.2 Å². The molecule has 0 bridgehead atoms. The Labute approximate surface area is 85.8 Å². The Kier molecular flexibility index (Phi) is 2.87. The number of hydrogen-bond donors (Lipinski definition) is 2. The fourth-order valence-electron chi connectivity index (χ4n) is 0.909. The highest BCUT2D eigenvalue weighted by molar-refractivity contribution is 6.83. The van der Waals surface area contributed by atoms with Crippen LogP contribution in [-0.2, 0) is 0 Å². The Morgan fingerprint density at radius 3 is 2.50 bits per heavy atom. The molecule has 0 saturated heterocycles. The van der Waals surface area contributed by atoms with Crippen molar-refractivity contribution in [2.24, 2.45) is 0 Å². The Morgan fingerprint density at radius 1 is 1.29 bits per heavy atom. The minimum absolute atomic E-state index is 0.199. The first-order valence-electron chi connectivity index (χ1n) is 4.50. The summed E-state index contributed by atoms with van der Waals surface area (Å²) in [6, 6.07) is 4.93. The van der Waals surface area contributed by atoms with E-state index in [1.807, 2.05) is 0 Å². The summed E-state index contributed by atoms with van der Waals surface area (Å²) in [6.07, 6.45) is 0. The Bertz CT molecular complexity index is 396. The molecule has 0 spiro atoms. The van der Waals surface area contributed by atoms with E-state index in [0.717, 1.165) is 0 Å². The van der Waals surface area contributed by atoms with Crippen molar-refractivity contribution in [2.45, 2.75) is 19.6 Å². The molecule has 1 aromatic rings. The number of nitrogens with two attached hydrogens (primary N) is 1. The topological polar surface area (TPSA) is 46.2 Å². The van der Waals surface area contributed by atoms with E-state index in [9.17, 15) is 5.11 Å². The molecule has 0 saturated carbocycles. The van der Waals surface area contributed by atoms with E-state index < -0.39 is 8.07 Å². The van der Waals surface area contributed by atoms with Crippen LogP contribution < -0.4 is 5.73 Å². The van der Waals surface area contributed by atoms with Crippen molar-refractivity contribution in [3.8, 4) is 17.2 Å². The minimum atomic E-state index is -1.39. The lowest BCUT2D eigenvalue weighted by Gasteiger charge is -2.04. The second-order valence-electron chi connectivity index (χ2n) is 4.28. The smallest absolute Gasteiger partial charge is 0.131 e. The Hall–Kier alpha value is -1.40. The van der Waals surface area contributed by atoms with Gasteiger partial charge in [-0.25, -0.2) is 0 Å². The molecule has 0 atom stereocenters. The lowest BCUT2D eigenvalue weighted by Crippen LogP contribution is -2.16. The van der Waals surface area contributed by atoms with Crippen LogP contribution in [0.2, 0.25) is 19.6 Å². The van der Waals surface area contributed by atoms with E-state index in [-0.39, 0.29) is 5.75 Å². The van der Waals surface area contributed by atoms with Crippen LogP contribution in [0.5, 0.6) is 5.75 Å². The molecule has 0 amide bonds. The van der Waals surface area contributed by atoms with Crippen molar-refractivity contribution in [1.29, 1.82) is 0 Å². The van der Waals surface area contributed by atoms with Crippen molar-refractivity contribution < 1.29 is 5.11 Å². The zero-order valence-corrected chi connectivity index (χ0v) is 9.76. The number of anilines is 1. The van der Waals surface area contributed by atoms with Crippen molar-refractivity contribution in [3.05, 3.63) is 23.8 Å². The molecule has 2 nitrogen and oxygen atoms in total. The van der Waals surface area contributed by atoms with Gasteiger partial charge in [-0.3, -0.25) is 0 Å². The van der Waals surface area contributed by atoms with Gasteiger partial charge in [-0.15, -0.1) is 5.54 Å². The summed E-state index contributed by atoms with van der Waals surface area (Å²) in [6.45, 7) is 6.47. The van der Waals surface area contributed by atoms with Crippen LogP contribution in [0.1, 0.15) is 5.56 Å². The molecule has 0 unspecified atom stereocenters. The second-order valence-corrected chi connectivity index (χ2v) is 9.03. The van der Waals surface area contributed by atoms with Crippen molar-refractivity contribution in [1.82, 2.24) is 0 Å². The molecule has 0 heterocycles. The fourth-order valence-corrected chi connectivity index (χ4v) is 1.42. The van der Waals surface area contributed by atoms with E-state index in [1.165, 1.54) is 0 Å². The van der Waals surface area contributed by atoms with Crippen LogP contribution in [-0.4, -0.2) is 13.2 Å². The average molecular weight is 205 g/mol. The zero-order valence-electron chi connectivity index (χ0n) is 8.76. The van der Waals surface area contributed by atoms with Crippen LogP contribution in [0, 0.1) is 11.5 Å². The predicted octanol–water partition coefficient (Wildman–Crippen LogP) is 2.20. The summed E-state index contributed by atoms with van der Waals surface area (Å²) in [5, 5.41) is 9.49. The number of aromatic hydroxyl groups is 1. The maximum Gasteiger partial charge on any atom is 0.131 e. The normalized spacial score (nSPS) is 10.5. The average Bonchev–Trinajstić information content (AvgIpc) is 2.05. The van der Waals surface area contributed by atoms with Crippen LogP contribution >= 0.6 is 0 Å². The molecule has 0 radical (unpaired) electrons. The summed E-state index contributed by atoms with van der Waals surface area (Å²) in [5.74, 6) is 3.17. The van der Waals surface area contributed by atoms with E-state index >= 15 is 0 Å². The van der Waals surface area contributed by atoms with E-state index in [4.69, 9.17) is 5.73 Å². The van der Waals surface area contributed by atoms with Crippen LogP contribution in [0.15, 0.2) is 18.2 Å². The van der Waals surface area contributed by atoms with E-state index in [0.29, 0.717) is 11.3 Å². The van der Waals surface area contributed by atoms with Gasteiger partial charge in [0.15, 0.2) is 0 Å². The first-order chi connectivity index (χ1) is 6.38. The molecular weight excluding hydrogens is 190 g/mol. The molecule has 1 aromatic carbocycles. The molecule has 0 aliphatic carbocycles. The molecule has 14 heavy (non-hydrogen) atoms. The summed E-state index contributed by atoms with van der Waals surface area (Å²) >= 11 is 0. The third kappa shape index (κ3) is 3.15. The molecule has 3 heteroatoms. The lowest BCUT2D eigenvalue weighted by molar-refractivity contribution is 0.474. The second kappa shape index (κ2) is 3.77. The largest absolute Gasteiger partial charge is 0.507 e. The minimum Gasteiger partial charge on any atom is -0.507 e. The molecule has 3 N–H and O–H groups in total. The Balaban J connectivity index is 3.06. The highest BCUT2D eigenvalue weighted by Gasteiger charge is 2.08. The summed E-state index contributed by atoms with van der Waals surface area (Å²) in [4.78, 5) is 0. The molecule has 0 aliphatic heterocycles. The van der Waals surface area contributed by atoms with Crippen molar-refractivity contribution in [2.75, 3.05) is 5.73 Å². The monoisotopic (exact) mass is 205 g/mol. The van der Waals surface area contributed by atoms with Gasteiger partial charge in [-0.2, -0.15) is 0 Å². The SMILES string of the molecule is C[Si](C)(C)C#Cc1cc(N)ccc1O. The van der Waals surface area contributed by atoms with Gasteiger partial charge in [-0.05, 0) is 18.2 Å². The quantitative estimate of drug-likeness (QED) is 0.295. The number of rotatable bonds is 0. The van der Waals surface area contributed by atoms with Gasteiger partial charge in [0.1, 0.15) is 13.8 Å². The third-order valence-electron chi connectivity index (χ3n) is 1.59. The van der Waals surface area contributed by atoms with Gasteiger partial charge in [0, 0.05) is 5.69 Å². The summed E-state index contributed by atoms with van der Waals surface area (Å²) in [5.41, 5.74) is 10.0. The van der Waals surface area contributed by atoms with Crippen LogP contribution in [0.3, 0.4) is 0 Å². The number of hydrogen-bond acceptors (Lipinski definition) is 2. The summed E-state index contributed by atoms with van der Waals surface area (Å²) < 4.78 is 0. The maximum absolute atomic E-state index is 9.49. The van der Waals surface area contributed by atoms with Gasteiger partial charge in [0.2, 0.25) is 0 Å². The lowest BCUT2D eigenvalue weighted by atomic mass is 10.2. The number of nitrogen functional groups attached to an aromatic ring is 1. The fraction of sp³-hybridized carbons (Fsp3) is 0.273. The Morgan fingerprint density at radius 2 is 1.93 bits per heavy atom. The van der Waals surface area contributed by atoms with Gasteiger partial charge in [0.05, 0.1) is 5.56 Å². The zero-order chi connectivity index (χ0) is 10.8. The van der Waals surface area contributed by atoms with Gasteiger partial charge in [-0.1, -0.05) is 25.6 Å². The van der Waals surface area contributed by atoms with Gasteiger partial charge in [0.25, 0.3) is 0 Å². The summed E-state index contributed by atoms with van der Waals surface area (Å²) in [7, 11) is -1.39. The first kappa shape index (κ1) is 10.7. The van der Waals surface area contributed by atoms with Crippen molar-refractivity contribution >= 4 is 13.8 Å². The number of phenolic OH excluding ortho intramolecular Hbond substituents is 1. The maximum atomic E-state index is 9.49. The molecule has 0 aromatic heterocycles. The first-order valence-corrected chi connectivity index (χ1v) is 8.00. The predicted molar refractivity (Wildman–Crippen MR) is 62.7 cm³/mol. The third-order valence-corrected chi connectivity index (χ3v) is 2.47. The van der Waals surface area contributed by atoms with Crippen molar-refractivity contribution in [3.63, 3.8) is 0 Å². The van der Waals surface area contributed by atoms with Crippen LogP contribution in [0.4, 0.5) is 5.69 Å². The van der Waals surface area contributed by atoms with Crippen LogP contribution in [0.25, 0.3) is 0 Å². The van der Waals surface area contributed by atoms with Gasteiger partial charge >= 0.3 is 0 Å². The number of phenols is 1. The molecular formula is C11H15NOSi. The molecule has 0 aliphatic rings. The standard InChI is InChI=1S/C11H15NOSi/c1-14(2,3)7-6-9-8-10(12)4-5-11(9)13/h4-5,8,13H,12H2,1-3H3. The van der Waals surface area contributed by atoms with Gasteiger partial charge < -0.3 is 10.8 Å².